The Morgan fingerprint density at radius 2 is 2.29 bits per heavy atom. The first-order valence-electron chi connectivity index (χ1n) is 6.53. The van der Waals surface area contributed by atoms with Gasteiger partial charge in [-0.1, -0.05) is 6.92 Å². The number of hydrogen-bond acceptors (Lipinski definition) is 3. The first-order chi connectivity index (χ1) is 8.10. The Balaban J connectivity index is 2.04. The van der Waals surface area contributed by atoms with Gasteiger partial charge < -0.3 is 5.73 Å². The van der Waals surface area contributed by atoms with Gasteiger partial charge in [0.05, 0.1) is 11.4 Å². The summed E-state index contributed by atoms with van der Waals surface area (Å²) in [5.74, 6) is 0.813. The van der Waals surface area contributed by atoms with Gasteiger partial charge in [-0.15, -0.1) is 0 Å². The SMILES string of the molecule is Cc1cc(CN2CCC(C)CC2CN)n(C)n1. The number of likely N-dealkylation sites (tertiary alicyclic amines) is 1. The second kappa shape index (κ2) is 5.19. The summed E-state index contributed by atoms with van der Waals surface area (Å²) < 4.78 is 1.99. The average molecular weight is 236 g/mol. The van der Waals surface area contributed by atoms with E-state index >= 15 is 0 Å². The van der Waals surface area contributed by atoms with E-state index in [0.717, 1.165) is 31.2 Å². The Kier molecular flexibility index (Phi) is 3.84. The summed E-state index contributed by atoms with van der Waals surface area (Å²) in [6, 6.07) is 2.71. The van der Waals surface area contributed by atoms with Crippen LogP contribution in [0.1, 0.15) is 31.2 Å². The summed E-state index contributed by atoms with van der Waals surface area (Å²) in [6.07, 6.45) is 2.51. The minimum Gasteiger partial charge on any atom is -0.329 e. The van der Waals surface area contributed by atoms with Crippen molar-refractivity contribution in [3.8, 4) is 0 Å². The van der Waals surface area contributed by atoms with Crippen molar-refractivity contribution in [2.45, 2.75) is 39.3 Å². The minimum atomic E-state index is 0.536. The van der Waals surface area contributed by atoms with E-state index in [0.29, 0.717) is 6.04 Å². The number of aryl methyl sites for hydroxylation is 2. The zero-order valence-corrected chi connectivity index (χ0v) is 11.2. The molecule has 1 fully saturated rings. The van der Waals surface area contributed by atoms with Crippen LogP contribution in [0.2, 0.25) is 0 Å². The maximum Gasteiger partial charge on any atom is 0.0597 e. The van der Waals surface area contributed by atoms with E-state index in [1.165, 1.54) is 18.5 Å². The van der Waals surface area contributed by atoms with Gasteiger partial charge in [-0.05, 0) is 38.3 Å². The van der Waals surface area contributed by atoms with E-state index in [1.807, 2.05) is 18.7 Å². The van der Waals surface area contributed by atoms with Gasteiger partial charge in [-0.3, -0.25) is 9.58 Å². The molecule has 1 aromatic rings. The van der Waals surface area contributed by atoms with Crippen molar-refractivity contribution >= 4 is 0 Å². The molecule has 2 atom stereocenters. The Morgan fingerprint density at radius 3 is 2.88 bits per heavy atom. The van der Waals surface area contributed by atoms with Crippen LogP contribution in [0.15, 0.2) is 6.07 Å². The molecule has 17 heavy (non-hydrogen) atoms. The molecule has 0 bridgehead atoms. The van der Waals surface area contributed by atoms with Crippen molar-refractivity contribution < 1.29 is 0 Å². The van der Waals surface area contributed by atoms with Gasteiger partial charge in [0.2, 0.25) is 0 Å². The Labute approximate surface area is 104 Å². The molecule has 0 aromatic carbocycles. The fourth-order valence-electron chi connectivity index (χ4n) is 2.77. The van der Waals surface area contributed by atoms with E-state index in [9.17, 15) is 0 Å². The summed E-state index contributed by atoms with van der Waals surface area (Å²) in [4.78, 5) is 2.51. The number of piperidine rings is 1. The van der Waals surface area contributed by atoms with Crippen molar-refractivity contribution in [1.29, 1.82) is 0 Å². The average Bonchev–Trinajstić information content (AvgIpc) is 2.60. The van der Waals surface area contributed by atoms with Gasteiger partial charge in [-0.25, -0.2) is 0 Å². The number of rotatable bonds is 3. The number of nitrogens with two attached hydrogens (primary N) is 1. The zero-order chi connectivity index (χ0) is 12.4. The van der Waals surface area contributed by atoms with Crippen LogP contribution < -0.4 is 5.73 Å². The fourth-order valence-corrected chi connectivity index (χ4v) is 2.77. The first-order valence-corrected chi connectivity index (χ1v) is 6.53. The summed E-state index contributed by atoms with van der Waals surface area (Å²) in [5, 5.41) is 4.40. The highest BCUT2D eigenvalue weighted by atomic mass is 15.3. The molecule has 0 aliphatic carbocycles. The van der Waals surface area contributed by atoms with Gasteiger partial charge in [-0.2, -0.15) is 5.10 Å². The van der Waals surface area contributed by atoms with Crippen LogP contribution in [0, 0.1) is 12.8 Å². The van der Waals surface area contributed by atoms with Gasteiger partial charge in [0.15, 0.2) is 0 Å². The largest absolute Gasteiger partial charge is 0.329 e. The van der Waals surface area contributed by atoms with E-state index in [-0.39, 0.29) is 0 Å². The molecule has 1 aliphatic rings. The third-order valence-corrected chi connectivity index (χ3v) is 3.84. The third kappa shape index (κ3) is 2.87. The van der Waals surface area contributed by atoms with Crippen LogP contribution in [0.3, 0.4) is 0 Å². The second-order valence-corrected chi connectivity index (χ2v) is 5.39. The lowest BCUT2D eigenvalue weighted by molar-refractivity contribution is 0.112. The molecule has 2 unspecified atom stereocenters. The molecule has 1 aromatic heterocycles. The molecule has 0 saturated carbocycles. The van der Waals surface area contributed by atoms with Crippen LogP contribution in [0.4, 0.5) is 0 Å². The summed E-state index contributed by atoms with van der Waals surface area (Å²) in [5.41, 5.74) is 8.27. The van der Waals surface area contributed by atoms with Crippen LogP contribution in [0.5, 0.6) is 0 Å². The first kappa shape index (κ1) is 12.6. The zero-order valence-electron chi connectivity index (χ0n) is 11.2. The Bertz CT molecular complexity index is 371. The van der Waals surface area contributed by atoms with Crippen LogP contribution in [-0.4, -0.2) is 33.8 Å². The molecule has 4 heteroatoms. The van der Waals surface area contributed by atoms with Crippen molar-refractivity contribution in [3.63, 3.8) is 0 Å². The van der Waals surface area contributed by atoms with Gasteiger partial charge in [0.1, 0.15) is 0 Å². The van der Waals surface area contributed by atoms with Gasteiger partial charge in [0.25, 0.3) is 0 Å². The van der Waals surface area contributed by atoms with E-state index < -0.39 is 0 Å². The highest BCUT2D eigenvalue weighted by Crippen LogP contribution is 2.23. The number of aromatic nitrogens is 2. The fraction of sp³-hybridized carbons (Fsp3) is 0.769. The normalized spacial score (nSPS) is 26.4. The van der Waals surface area contributed by atoms with Crippen LogP contribution >= 0.6 is 0 Å². The second-order valence-electron chi connectivity index (χ2n) is 5.39. The van der Waals surface area contributed by atoms with Crippen LogP contribution in [-0.2, 0) is 13.6 Å². The molecular weight excluding hydrogens is 212 g/mol. The maximum absolute atomic E-state index is 5.89. The van der Waals surface area contributed by atoms with E-state index in [1.54, 1.807) is 0 Å². The quantitative estimate of drug-likeness (QED) is 0.860. The topological polar surface area (TPSA) is 47.1 Å². The molecule has 0 spiro atoms. The highest BCUT2D eigenvalue weighted by molar-refractivity contribution is 5.08. The Hall–Kier alpha value is -0.870. The van der Waals surface area contributed by atoms with Crippen molar-refractivity contribution in [2.24, 2.45) is 18.7 Å². The molecule has 1 saturated heterocycles. The van der Waals surface area contributed by atoms with E-state index in [4.69, 9.17) is 5.73 Å². The molecule has 2 rings (SSSR count). The highest BCUT2D eigenvalue weighted by Gasteiger charge is 2.25. The number of nitrogens with zero attached hydrogens (tertiary/aromatic N) is 3. The molecular formula is C13H24N4. The van der Waals surface area contributed by atoms with Crippen molar-refractivity contribution in [3.05, 3.63) is 17.5 Å². The van der Waals surface area contributed by atoms with Crippen LogP contribution in [0.25, 0.3) is 0 Å². The molecule has 96 valence electrons. The van der Waals surface area contributed by atoms with Gasteiger partial charge >= 0.3 is 0 Å². The lowest BCUT2D eigenvalue weighted by Gasteiger charge is -2.37. The number of hydrogen-bond donors (Lipinski definition) is 1. The standard InChI is InChI=1S/C13H24N4/c1-10-4-5-17(12(6-10)8-14)9-13-7-11(2)15-16(13)3/h7,10,12H,4-6,8-9,14H2,1-3H3. The molecule has 2 N–H and O–H groups in total. The molecule has 4 nitrogen and oxygen atoms in total. The molecule has 1 aliphatic heterocycles. The molecule has 2 heterocycles. The predicted molar refractivity (Wildman–Crippen MR) is 69.6 cm³/mol. The molecule has 0 amide bonds. The smallest absolute Gasteiger partial charge is 0.0597 e. The third-order valence-electron chi connectivity index (χ3n) is 3.84. The molecule has 0 radical (unpaired) electrons. The lowest BCUT2D eigenvalue weighted by atomic mass is 9.92. The lowest BCUT2D eigenvalue weighted by Crippen LogP contribution is -2.45. The van der Waals surface area contributed by atoms with Crippen molar-refractivity contribution in [1.82, 2.24) is 14.7 Å². The Morgan fingerprint density at radius 1 is 1.53 bits per heavy atom. The summed E-state index contributed by atoms with van der Waals surface area (Å²) >= 11 is 0. The monoisotopic (exact) mass is 236 g/mol. The minimum absolute atomic E-state index is 0.536. The van der Waals surface area contributed by atoms with Gasteiger partial charge in [0, 0.05) is 26.2 Å². The van der Waals surface area contributed by atoms with E-state index in [2.05, 4.69) is 23.0 Å². The summed E-state index contributed by atoms with van der Waals surface area (Å²) in [6.45, 7) is 7.27. The maximum atomic E-state index is 5.89. The van der Waals surface area contributed by atoms with Crippen molar-refractivity contribution in [2.75, 3.05) is 13.1 Å². The summed E-state index contributed by atoms with van der Waals surface area (Å²) in [7, 11) is 2.02. The predicted octanol–water partition coefficient (Wildman–Crippen LogP) is 1.29.